The Balaban J connectivity index is 1.93. The zero-order chi connectivity index (χ0) is 24.6. The fraction of sp³-hybridized carbons (Fsp3) is 0.360. The Morgan fingerprint density at radius 2 is 1.91 bits per heavy atom. The number of aromatic nitrogens is 3. The van der Waals surface area contributed by atoms with Crippen molar-refractivity contribution in [3.05, 3.63) is 78.2 Å². The highest BCUT2D eigenvalue weighted by atomic mass is 32.1. The second kappa shape index (κ2) is 9.42. The molecule has 34 heavy (non-hydrogen) atoms. The smallest absolute Gasteiger partial charge is 0.338 e. The molecule has 3 heterocycles. The van der Waals surface area contributed by atoms with Crippen molar-refractivity contribution in [2.75, 3.05) is 25.6 Å². The number of carbonyl (C=O) groups is 1. The number of rotatable bonds is 6. The SMILES string of the molecule is CCOC(=O)C1=C(C)N=c2s/c(=C/c3cnn(CC)c3C)c(=O)n2C1c1ccc(N(C)C)cc1. The van der Waals surface area contributed by atoms with Crippen LogP contribution in [0.5, 0.6) is 0 Å². The largest absolute Gasteiger partial charge is 0.463 e. The van der Waals surface area contributed by atoms with E-state index in [1.54, 1.807) is 24.6 Å². The third-order valence-electron chi connectivity index (χ3n) is 5.97. The summed E-state index contributed by atoms with van der Waals surface area (Å²) in [4.78, 5) is 33.8. The molecule has 1 unspecified atom stereocenters. The van der Waals surface area contributed by atoms with Crippen LogP contribution < -0.4 is 19.8 Å². The first-order valence-corrected chi connectivity index (χ1v) is 12.1. The quantitative estimate of drug-likeness (QED) is 0.507. The van der Waals surface area contributed by atoms with E-state index < -0.39 is 12.0 Å². The highest BCUT2D eigenvalue weighted by molar-refractivity contribution is 7.07. The molecule has 1 atom stereocenters. The van der Waals surface area contributed by atoms with Gasteiger partial charge in [0.1, 0.15) is 0 Å². The molecule has 178 valence electrons. The summed E-state index contributed by atoms with van der Waals surface area (Å²) in [5.74, 6) is -0.459. The topological polar surface area (TPSA) is 81.7 Å². The molecule has 0 fully saturated rings. The van der Waals surface area contributed by atoms with Gasteiger partial charge >= 0.3 is 5.97 Å². The molecule has 0 N–H and O–H groups in total. The summed E-state index contributed by atoms with van der Waals surface area (Å²) in [7, 11) is 3.93. The predicted molar refractivity (Wildman–Crippen MR) is 134 cm³/mol. The highest BCUT2D eigenvalue weighted by Gasteiger charge is 2.33. The molecule has 0 saturated heterocycles. The maximum absolute atomic E-state index is 13.7. The van der Waals surface area contributed by atoms with Gasteiger partial charge < -0.3 is 9.64 Å². The third kappa shape index (κ3) is 4.11. The maximum Gasteiger partial charge on any atom is 0.338 e. The van der Waals surface area contributed by atoms with Gasteiger partial charge in [-0.1, -0.05) is 23.5 Å². The number of carbonyl (C=O) groups excluding carboxylic acids is 1. The van der Waals surface area contributed by atoms with Crippen molar-refractivity contribution >= 4 is 29.1 Å². The van der Waals surface area contributed by atoms with E-state index in [0.29, 0.717) is 20.6 Å². The first kappa shape index (κ1) is 23.7. The van der Waals surface area contributed by atoms with Crippen molar-refractivity contribution < 1.29 is 9.53 Å². The van der Waals surface area contributed by atoms with Crippen LogP contribution in [0.4, 0.5) is 5.69 Å². The molecule has 3 aromatic rings. The van der Waals surface area contributed by atoms with Crippen LogP contribution in [-0.2, 0) is 16.1 Å². The van der Waals surface area contributed by atoms with Gasteiger partial charge in [-0.25, -0.2) is 9.79 Å². The van der Waals surface area contributed by atoms with E-state index in [4.69, 9.17) is 4.74 Å². The lowest BCUT2D eigenvalue weighted by atomic mass is 9.95. The second-order valence-electron chi connectivity index (χ2n) is 8.29. The molecule has 0 spiro atoms. The van der Waals surface area contributed by atoms with Gasteiger partial charge in [0.05, 0.1) is 34.6 Å². The Morgan fingerprint density at radius 3 is 2.50 bits per heavy atom. The van der Waals surface area contributed by atoms with E-state index in [9.17, 15) is 9.59 Å². The Bertz CT molecular complexity index is 1440. The van der Waals surface area contributed by atoms with Crippen molar-refractivity contribution in [2.45, 2.75) is 40.3 Å². The Kier molecular flexibility index (Phi) is 6.56. The molecule has 0 aliphatic carbocycles. The van der Waals surface area contributed by atoms with Crippen molar-refractivity contribution in [3.63, 3.8) is 0 Å². The Labute approximate surface area is 202 Å². The van der Waals surface area contributed by atoms with Gasteiger partial charge in [-0.3, -0.25) is 14.0 Å². The molecule has 0 amide bonds. The lowest BCUT2D eigenvalue weighted by Crippen LogP contribution is -2.40. The number of allylic oxidation sites excluding steroid dienone is 1. The number of nitrogens with zero attached hydrogens (tertiary/aromatic N) is 5. The third-order valence-corrected chi connectivity index (χ3v) is 6.95. The molecule has 1 aliphatic rings. The van der Waals surface area contributed by atoms with Crippen LogP contribution in [0.25, 0.3) is 6.08 Å². The maximum atomic E-state index is 13.7. The van der Waals surface area contributed by atoms with E-state index in [2.05, 4.69) is 10.1 Å². The minimum absolute atomic E-state index is 0.191. The lowest BCUT2D eigenvalue weighted by molar-refractivity contribution is -0.139. The molecular formula is C25H29N5O3S. The summed E-state index contributed by atoms with van der Waals surface area (Å²) >= 11 is 1.32. The van der Waals surface area contributed by atoms with Crippen molar-refractivity contribution in [2.24, 2.45) is 4.99 Å². The predicted octanol–water partition coefficient (Wildman–Crippen LogP) is 2.39. The van der Waals surface area contributed by atoms with E-state index in [-0.39, 0.29) is 12.2 Å². The molecule has 9 heteroatoms. The number of anilines is 1. The average Bonchev–Trinajstić information content (AvgIpc) is 3.32. The molecule has 0 saturated carbocycles. The van der Waals surface area contributed by atoms with Gasteiger partial charge in [0, 0.05) is 37.6 Å². The molecule has 4 rings (SSSR count). The number of hydrogen-bond acceptors (Lipinski definition) is 7. The molecule has 8 nitrogen and oxygen atoms in total. The summed E-state index contributed by atoms with van der Waals surface area (Å²) in [6, 6.07) is 7.24. The standard InChI is InChI=1S/C25H29N5O3S/c1-7-29-16(4)18(14-26-29)13-20-23(31)30-22(17-9-11-19(12-10-17)28(5)6)21(24(32)33-8-2)15(3)27-25(30)34-20/h9-14,22H,7-8H2,1-6H3/b20-13+. The first-order valence-electron chi connectivity index (χ1n) is 11.3. The molecule has 1 aliphatic heterocycles. The number of fused-ring (bicyclic) bond motifs is 1. The van der Waals surface area contributed by atoms with Crippen LogP contribution in [0.3, 0.4) is 0 Å². The Morgan fingerprint density at radius 1 is 1.21 bits per heavy atom. The van der Waals surface area contributed by atoms with Crippen LogP contribution >= 0.6 is 11.3 Å². The molecule has 0 bridgehead atoms. The van der Waals surface area contributed by atoms with Crippen LogP contribution in [0.1, 0.15) is 43.6 Å². The fourth-order valence-corrected chi connectivity index (χ4v) is 5.16. The first-order chi connectivity index (χ1) is 16.3. The zero-order valence-electron chi connectivity index (χ0n) is 20.3. The van der Waals surface area contributed by atoms with Gasteiger partial charge in [-0.15, -0.1) is 0 Å². The number of ether oxygens (including phenoxy) is 1. The van der Waals surface area contributed by atoms with Crippen LogP contribution in [0, 0.1) is 6.92 Å². The van der Waals surface area contributed by atoms with Crippen molar-refractivity contribution in [3.8, 4) is 0 Å². The summed E-state index contributed by atoms with van der Waals surface area (Å²) < 4.78 is 9.41. The molecule has 1 aromatic carbocycles. The van der Waals surface area contributed by atoms with Gasteiger partial charge in [0.2, 0.25) is 0 Å². The minimum atomic E-state index is -0.617. The summed E-state index contributed by atoms with van der Waals surface area (Å²) in [5.41, 5.74) is 4.48. The number of benzene rings is 1. The average molecular weight is 480 g/mol. The van der Waals surface area contributed by atoms with E-state index in [0.717, 1.165) is 29.1 Å². The molecule has 0 radical (unpaired) electrons. The van der Waals surface area contributed by atoms with E-state index in [1.807, 2.05) is 67.9 Å². The summed E-state index contributed by atoms with van der Waals surface area (Å²) in [6.07, 6.45) is 3.62. The molecular weight excluding hydrogens is 450 g/mol. The normalized spacial score (nSPS) is 15.8. The second-order valence-corrected chi connectivity index (χ2v) is 9.30. The van der Waals surface area contributed by atoms with Gasteiger partial charge in [-0.2, -0.15) is 5.10 Å². The lowest BCUT2D eigenvalue weighted by Gasteiger charge is -2.25. The monoisotopic (exact) mass is 479 g/mol. The minimum Gasteiger partial charge on any atom is -0.463 e. The number of hydrogen-bond donors (Lipinski definition) is 0. The number of aryl methyl sites for hydroxylation is 1. The fourth-order valence-electron chi connectivity index (χ4n) is 4.12. The number of esters is 1. The molecule has 2 aromatic heterocycles. The van der Waals surface area contributed by atoms with Crippen molar-refractivity contribution in [1.82, 2.24) is 14.3 Å². The Hall–Kier alpha value is -3.46. The van der Waals surface area contributed by atoms with Crippen LogP contribution in [0.15, 0.2) is 51.5 Å². The summed E-state index contributed by atoms with van der Waals surface area (Å²) in [5, 5.41) is 4.38. The van der Waals surface area contributed by atoms with E-state index >= 15 is 0 Å². The zero-order valence-corrected chi connectivity index (χ0v) is 21.1. The van der Waals surface area contributed by atoms with E-state index in [1.165, 1.54) is 11.3 Å². The van der Waals surface area contributed by atoms with Crippen LogP contribution in [-0.4, -0.2) is 41.0 Å². The van der Waals surface area contributed by atoms with Gasteiger partial charge in [0.25, 0.3) is 5.56 Å². The van der Waals surface area contributed by atoms with Crippen LogP contribution in [0.2, 0.25) is 0 Å². The van der Waals surface area contributed by atoms with Crippen molar-refractivity contribution in [1.29, 1.82) is 0 Å². The van der Waals surface area contributed by atoms with Gasteiger partial charge in [0.15, 0.2) is 4.80 Å². The number of thiazole rings is 1. The van der Waals surface area contributed by atoms with Gasteiger partial charge in [-0.05, 0) is 51.5 Å². The highest BCUT2D eigenvalue weighted by Crippen LogP contribution is 2.31. The summed E-state index contributed by atoms with van der Waals surface area (Å²) in [6.45, 7) is 8.57.